The average Bonchev–Trinajstić information content (AvgIpc) is 2.90. The van der Waals surface area contributed by atoms with Crippen molar-refractivity contribution in [3.05, 3.63) is 16.4 Å². The number of nitrogens with zero attached hydrogens (tertiary/aromatic N) is 4. The number of rotatable bonds is 1. The molecule has 0 radical (unpaired) electrons. The number of carbonyl (C=O) groups is 1. The Morgan fingerprint density at radius 3 is 2.90 bits per heavy atom. The summed E-state index contributed by atoms with van der Waals surface area (Å²) in [5, 5.41) is 4.94. The number of aromatic nitrogens is 2. The molecular formula is C13H20ClN5O. The third-order valence-corrected chi connectivity index (χ3v) is 4.43. The summed E-state index contributed by atoms with van der Waals surface area (Å²) in [6, 6.07) is 0.0734. The summed E-state index contributed by atoms with van der Waals surface area (Å²) in [6.07, 6.45) is 1.86. The molecule has 0 bridgehead atoms. The van der Waals surface area contributed by atoms with Crippen molar-refractivity contribution < 1.29 is 4.79 Å². The fourth-order valence-electron chi connectivity index (χ4n) is 2.89. The monoisotopic (exact) mass is 297 g/mol. The van der Waals surface area contributed by atoms with E-state index in [9.17, 15) is 4.79 Å². The van der Waals surface area contributed by atoms with Crippen LogP contribution < -0.4 is 5.73 Å². The van der Waals surface area contributed by atoms with E-state index in [2.05, 4.69) is 17.0 Å². The number of aryl methyl sites for hydroxylation is 1. The number of likely N-dealkylation sites (tertiary alicyclic amines) is 1. The van der Waals surface area contributed by atoms with E-state index < -0.39 is 0 Å². The Labute approximate surface area is 123 Å². The number of fused-ring (bicyclic) bond motifs is 1. The standard InChI is InChI=1S/C13H20ClN5O/c1-17-4-2-5-19-10(8-17)11(14)12(16-19)13(20)18-6-3-9(15)7-18/h9H,2-8,15H2,1H3. The van der Waals surface area contributed by atoms with Crippen molar-refractivity contribution in [3.8, 4) is 0 Å². The van der Waals surface area contributed by atoms with Crippen molar-refractivity contribution in [2.24, 2.45) is 5.73 Å². The van der Waals surface area contributed by atoms with Crippen LogP contribution in [0.1, 0.15) is 29.0 Å². The highest BCUT2D eigenvalue weighted by Gasteiger charge is 2.30. The van der Waals surface area contributed by atoms with Gasteiger partial charge in [0.1, 0.15) is 0 Å². The van der Waals surface area contributed by atoms with Gasteiger partial charge in [0.25, 0.3) is 5.91 Å². The highest BCUT2D eigenvalue weighted by molar-refractivity contribution is 6.34. The van der Waals surface area contributed by atoms with Gasteiger partial charge in [0.2, 0.25) is 0 Å². The minimum absolute atomic E-state index is 0.0734. The van der Waals surface area contributed by atoms with Crippen LogP contribution in [0.4, 0.5) is 0 Å². The normalized spacial score (nSPS) is 23.8. The van der Waals surface area contributed by atoms with Crippen LogP contribution >= 0.6 is 11.6 Å². The predicted octanol–water partition coefficient (Wildman–Crippen LogP) is 0.545. The van der Waals surface area contributed by atoms with Gasteiger partial charge in [-0.2, -0.15) is 5.10 Å². The molecule has 6 nitrogen and oxygen atoms in total. The molecule has 0 aliphatic carbocycles. The van der Waals surface area contributed by atoms with E-state index in [1.165, 1.54) is 0 Å². The number of hydrogen-bond donors (Lipinski definition) is 1. The lowest BCUT2D eigenvalue weighted by Gasteiger charge is -2.14. The van der Waals surface area contributed by atoms with E-state index in [1.54, 1.807) is 4.90 Å². The van der Waals surface area contributed by atoms with E-state index in [0.717, 1.165) is 38.2 Å². The Morgan fingerprint density at radius 2 is 2.20 bits per heavy atom. The SMILES string of the molecule is CN1CCCn2nc(C(=O)N3CCC(N)C3)c(Cl)c2C1. The molecule has 2 aliphatic heterocycles. The highest BCUT2D eigenvalue weighted by atomic mass is 35.5. The second-order valence-corrected chi connectivity index (χ2v) is 6.10. The lowest BCUT2D eigenvalue weighted by molar-refractivity contribution is 0.0784. The van der Waals surface area contributed by atoms with Crippen molar-refractivity contribution in [2.75, 3.05) is 26.7 Å². The molecule has 7 heteroatoms. The number of amides is 1. The molecule has 110 valence electrons. The maximum atomic E-state index is 12.5. The fraction of sp³-hybridized carbons (Fsp3) is 0.692. The summed E-state index contributed by atoms with van der Waals surface area (Å²) in [6.45, 7) is 3.85. The second-order valence-electron chi connectivity index (χ2n) is 5.72. The van der Waals surface area contributed by atoms with Gasteiger partial charge in [0, 0.05) is 38.8 Å². The molecule has 0 spiro atoms. The smallest absolute Gasteiger partial charge is 0.275 e. The molecule has 0 aromatic carbocycles. The Kier molecular flexibility index (Phi) is 3.70. The maximum absolute atomic E-state index is 12.5. The van der Waals surface area contributed by atoms with Gasteiger partial charge in [0.05, 0.1) is 10.7 Å². The molecule has 1 aromatic rings. The summed E-state index contributed by atoms with van der Waals surface area (Å²) in [7, 11) is 2.06. The molecule has 3 rings (SSSR count). The first-order valence-electron chi connectivity index (χ1n) is 7.05. The van der Waals surface area contributed by atoms with Gasteiger partial charge in [-0.25, -0.2) is 0 Å². The fourth-order valence-corrected chi connectivity index (χ4v) is 3.17. The molecule has 2 aliphatic rings. The van der Waals surface area contributed by atoms with Gasteiger partial charge in [-0.3, -0.25) is 9.48 Å². The first-order valence-corrected chi connectivity index (χ1v) is 7.42. The molecule has 1 amide bonds. The zero-order valence-electron chi connectivity index (χ0n) is 11.7. The summed E-state index contributed by atoms with van der Waals surface area (Å²) in [4.78, 5) is 16.4. The number of carbonyl (C=O) groups excluding carboxylic acids is 1. The Balaban J connectivity index is 1.88. The molecule has 20 heavy (non-hydrogen) atoms. The lowest BCUT2D eigenvalue weighted by Crippen LogP contribution is -2.32. The van der Waals surface area contributed by atoms with Gasteiger partial charge >= 0.3 is 0 Å². The van der Waals surface area contributed by atoms with E-state index in [-0.39, 0.29) is 11.9 Å². The van der Waals surface area contributed by atoms with Crippen molar-refractivity contribution in [1.29, 1.82) is 0 Å². The lowest BCUT2D eigenvalue weighted by atomic mass is 10.3. The molecule has 1 aromatic heterocycles. The largest absolute Gasteiger partial charge is 0.336 e. The van der Waals surface area contributed by atoms with E-state index in [0.29, 0.717) is 23.8 Å². The van der Waals surface area contributed by atoms with Crippen LogP contribution in [0.25, 0.3) is 0 Å². The second kappa shape index (κ2) is 5.35. The maximum Gasteiger partial charge on any atom is 0.275 e. The topological polar surface area (TPSA) is 67.4 Å². The Morgan fingerprint density at radius 1 is 1.40 bits per heavy atom. The molecule has 0 saturated carbocycles. The van der Waals surface area contributed by atoms with E-state index >= 15 is 0 Å². The van der Waals surface area contributed by atoms with Gasteiger partial charge < -0.3 is 15.5 Å². The first kappa shape index (κ1) is 13.9. The van der Waals surface area contributed by atoms with Crippen LogP contribution in [0, 0.1) is 0 Å². The quantitative estimate of drug-likeness (QED) is 0.822. The predicted molar refractivity (Wildman–Crippen MR) is 76.7 cm³/mol. The van der Waals surface area contributed by atoms with Crippen molar-refractivity contribution in [3.63, 3.8) is 0 Å². The molecule has 1 saturated heterocycles. The Bertz CT molecular complexity index is 529. The zero-order valence-corrected chi connectivity index (χ0v) is 12.4. The Hall–Kier alpha value is -1.11. The zero-order chi connectivity index (χ0) is 14.3. The summed E-state index contributed by atoms with van der Waals surface area (Å²) in [5.74, 6) is -0.0915. The molecule has 1 fully saturated rings. The van der Waals surface area contributed by atoms with Crippen LogP contribution in [0.3, 0.4) is 0 Å². The number of nitrogens with two attached hydrogens (primary N) is 1. The minimum Gasteiger partial charge on any atom is -0.336 e. The number of halogens is 1. The average molecular weight is 298 g/mol. The van der Waals surface area contributed by atoms with Crippen molar-refractivity contribution >= 4 is 17.5 Å². The van der Waals surface area contributed by atoms with E-state index in [4.69, 9.17) is 17.3 Å². The summed E-state index contributed by atoms with van der Waals surface area (Å²) in [5.41, 5.74) is 7.18. The molecule has 1 atom stereocenters. The van der Waals surface area contributed by atoms with Gasteiger partial charge in [-0.05, 0) is 19.9 Å². The highest BCUT2D eigenvalue weighted by Crippen LogP contribution is 2.26. The van der Waals surface area contributed by atoms with Crippen LogP contribution in [-0.2, 0) is 13.1 Å². The summed E-state index contributed by atoms with van der Waals surface area (Å²) >= 11 is 6.40. The number of hydrogen-bond acceptors (Lipinski definition) is 4. The van der Waals surface area contributed by atoms with Gasteiger partial charge in [-0.1, -0.05) is 11.6 Å². The van der Waals surface area contributed by atoms with Crippen molar-refractivity contribution in [2.45, 2.75) is 32.0 Å². The third-order valence-electron chi connectivity index (χ3n) is 4.04. The summed E-state index contributed by atoms with van der Waals surface area (Å²) < 4.78 is 1.88. The van der Waals surface area contributed by atoms with Crippen LogP contribution in [0.15, 0.2) is 0 Å². The minimum atomic E-state index is -0.0915. The van der Waals surface area contributed by atoms with E-state index in [1.807, 2.05) is 4.68 Å². The van der Waals surface area contributed by atoms with Crippen LogP contribution in [0.5, 0.6) is 0 Å². The molecule has 1 unspecified atom stereocenters. The van der Waals surface area contributed by atoms with Crippen LogP contribution in [0.2, 0.25) is 5.02 Å². The molecule has 3 heterocycles. The first-order chi connectivity index (χ1) is 9.56. The van der Waals surface area contributed by atoms with Crippen LogP contribution in [-0.4, -0.2) is 58.2 Å². The molecule has 2 N–H and O–H groups in total. The van der Waals surface area contributed by atoms with Crippen molar-refractivity contribution in [1.82, 2.24) is 19.6 Å². The third kappa shape index (κ3) is 2.43. The van der Waals surface area contributed by atoms with Gasteiger partial charge in [-0.15, -0.1) is 0 Å². The molecular weight excluding hydrogens is 278 g/mol. The van der Waals surface area contributed by atoms with Gasteiger partial charge in [0.15, 0.2) is 5.69 Å².